The zero-order chi connectivity index (χ0) is 27.9. The number of nitrogens with one attached hydrogen (secondary N) is 3. The molecule has 0 heterocycles. The lowest BCUT2D eigenvalue weighted by atomic mass is 9.82. The standard InChI is InChI=1S/C33H39N3O2P.BrH/c1-25(20-21-29-31(34-2)32(38)30(37)24-33(29,35-3)36-4)22-23-39(26-14-8-5-9-15-26,27-16-10-6-11-17-27)28-18-12-7-13-19-28;/h5-22,30,34-37H,23-24H2,1-4H3;1H/q+1;. The van der Waals surface area contributed by atoms with Gasteiger partial charge in [0, 0.05) is 19.0 Å². The molecule has 1 atom stereocenters. The van der Waals surface area contributed by atoms with Gasteiger partial charge in [-0.1, -0.05) is 72.3 Å². The number of carbonyl (C=O) groups is 1. The van der Waals surface area contributed by atoms with Crippen LogP contribution in [0.25, 0.3) is 0 Å². The van der Waals surface area contributed by atoms with Crippen LogP contribution in [0.1, 0.15) is 13.3 Å². The number of ketones is 1. The van der Waals surface area contributed by atoms with Crippen molar-refractivity contribution >= 4 is 45.9 Å². The fourth-order valence-corrected chi connectivity index (χ4v) is 9.59. The number of allylic oxidation sites excluding steroid dienone is 3. The number of aliphatic hydroxyl groups is 1. The molecule has 0 aromatic heterocycles. The molecule has 3 aromatic rings. The van der Waals surface area contributed by atoms with Crippen molar-refractivity contribution in [1.29, 1.82) is 0 Å². The third kappa shape index (κ3) is 6.22. The smallest absolute Gasteiger partial charge is 0.207 e. The third-order valence-electron chi connectivity index (χ3n) is 7.67. The van der Waals surface area contributed by atoms with E-state index in [0.29, 0.717) is 5.70 Å². The first-order valence-corrected chi connectivity index (χ1v) is 15.3. The van der Waals surface area contributed by atoms with E-state index >= 15 is 0 Å². The number of halogens is 1. The first-order valence-electron chi connectivity index (χ1n) is 13.3. The quantitative estimate of drug-likeness (QED) is 0.157. The van der Waals surface area contributed by atoms with Crippen molar-refractivity contribution in [1.82, 2.24) is 16.0 Å². The minimum atomic E-state index is -1.98. The number of rotatable bonds is 10. The van der Waals surface area contributed by atoms with Gasteiger partial charge < -0.3 is 10.4 Å². The summed E-state index contributed by atoms with van der Waals surface area (Å²) >= 11 is 0. The summed E-state index contributed by atoms with van der Waals surface area (Å²) in [5, 5.41) is 24.1. The minimum Gasteiger partial charge on any atom is -0.385 e. The first-order chi connectivity index (χ1) is 18.9. The number of hydrogen-bond acceptors (Lipinski definition) is 5. The number of carbonyl (C=O) groups excluding carboxylic acids is 1. The van der Waals surface area contributed by atoms with Crippen LogP contribution in [0, 0.1) is 0 Å². The Hall–Kier alpha value is -2.86. The molecule has 1 aliphatic rings. The summed E-state index contributed by atoms with van der Waals surface area (Å²) in [5.74, 6) is -0.290. The molecule has 0 saturated carbocycles. The SMILES string of the molecule is Br.CNC1=C(C=CC(C)=CC[P+](c2ccccc2)(c2ccccc2)c2ccccc2)C(NC)(NC)CC(O)C1=O. The van der Waals surface area contributed by atoms with E-state index in [0.717, 1.165) is 17.3 Å². The zero-order valence-electron chi connectivity index (χ0n) is 23.6. The normalized spacial score (nSPS) is 17.6. The maximum absolute atomic E-state index is 12.8. The van der Waals surface area contributed by atoms with Gasteiger partial charge >= 0.3 is 0 Å². The summed E-state index contributed by atoms with van der Waals surface area (Å²) in [6.45, 7) is 2.10. The first kappa shape index (κ1) is 31.7. The summed E-state index contributed by atoms with van der Waals surface area (Å²) < 4.78 is 0. The van der Waals surface area contributed by atoms with E-state index < -0.39 is 19.0 Å². The fraction of sp³-hybridized carbons (Fsp3) is 0.242. The molecule has 0 saturated heterocycles. The van der Waals surface area contributed by atoms with Crippen LogP contribution in [0.15, 0.2) is 126 Å². The van der Waals surface area contributed by atoms with E-state index in [1.165, 1.54) is 15.9 Å². The molecular formula is C33H40BrN3O2P+. The average molecular weight is 622 g/mol. The molecule has 0 aliphatic heterocycles. The van der Waals surface area contributed by atoms with E-state index in [4.69, 9.17) is 0 Å². The minimum absolute atomic E-state index is 0. The number of likely N-dealkylation sites (N-methyl/N-ethyl adjacent to an activating group) is 3. The van der Waals surface area contributed by atoms with E-state index in [1.54, 1.807) is 7.05 Å². The van der Waals surface area contributed by atoms with Crippen molar-refractivity contribution in [3.8, 4) is 0 Å². The van der Waals surface area contributed by atoms with Crippen LogP contribution in [-0.4, -0.2) is 50.0 Å². The molecular weight excluding hydrogens is 581 g/mol. The highest BCUT2D eigenvalue weighted by Gasteiger charge is 2.45. The summed E-state index contributed by atoms with van der Waals surface area (Å²) in [6, 6.07) is 32.5. The van der Waals surface area contributed by atoms with Crippen LogP contribution >= 0.6 is 24.2 Å². The van der Waals surface area contributed by atoms with Crippen molar-refractivity contribution < 1.29 is 9.90 Å². The molecule has 1 unspecified atom stereocenters. The van der Waals surface area contributed by atoms with Crippen molar-refractivity contribution in [3.05, 3.63) is 126 Å². The van der Waals surface area contributed by atoms with Gasteiger partial charge in [-0.2, -0.15) is 0 Å². The Morgan fingerprint density at radius 3 is 1.73 bits per heavy atom. The van der Waals surface area contributed by atoms with Gasteiger partial charge in [0.1, 0.15) is 29.3 Å². The van der Waals surface area contributed by atoms with E-state index in [2.05, 4.69) is 126 Å². The third-order valence-corrected chi connectivity index (χ3v) is 11.9. The van der Waals surface area contributed by atoms with Crippen LogP contribution < -0.4 is 31.9 Å². The lowest BCUT2D eigenvalue weighted by Crippen LogP contribution is -2.61. The number of hydrogen-bond donors (Lipinski definition) is 4. The zero-order valence-corrected chi connectivity index (χ0v) is 26.2. The van der Waals surface area contributed by atoms with Crippen molar-refractivity contribution in [2.75, 3.05) is 27.3 Å². The summed E-state index contributed by atoms with van der Waals surface area (Å²) in [5.41, 5.74) is 1.58. The van der Waals surface area contributed by atoms with Gasteiger partial charge in [-0.25, -0.2) is 0 Å². The predicted molar refractivity (Wildman–Crippen MR) is 176 cm³/mol. The Morgan fingerprint density at radius 2 is 1.32 bits per heavy atom. The Labute approximate surface area is 249 Å². The maximum Gasteiger partial charge on any atom is 0.207 e. The summed E-state index contributed by atoms with van der Waals surface area (Å²) in [7, 11) is 3.41. The van der Waals surface area contributed by atoms with Gasteiger partial charge in [0.15, 0.2) is 0 Å². The summed E-state index contributed by atoms with van der Waals surface area (Å²) in [6.07, 6.45) is 6.40. The van der Waals surface area contributed by atoms with E-state index in [1.807, 2.05) is 20.2 Å². The average Bonchev–Trinajstić information content (AvgIpc) is 2.99. The second-order valence-corrected chi connectivity index (χ2v) is 13.3. The Bertz CT molecular complexity index is 1260. The molecule has 0 bridgehead atoms. The largest absolute Gasteiger partial charge is 0.385 e. The molecule has 5 nitrogen and oxygen atoms in total. The van der Waals surface area contributed by atoms with Gasteiger partial charge in [-0.05, 0) is 63.5 Å². The van der Waals surface area contributed by atoms with Crippen LogP contribution in [0.2, 0.25) is 0 Å². The topological polar surface area (TPSA) is 73.4 Å². The lowest BCUT2D eigenvalue weighted by Gasteiger charge is -2.40. The van der Waals surface area contributed by atoms with Crippen LogP contribution in [0.5, 0.6) is 0 Å². The highest BCUT2D eigenvalue weighted by molar-refractivity contribution is 8.93. The summed E-state index contributed by atoms with van der Waals surface area (Å²) in [4.78, 5) is 12.8. The molecule has 7 heteroatoms. The van der Waals surface area contributed by atoms with Crippen molar-refractivity contribution in [2.24, 2.45) is 0 Å². The van der Waals surface area contributed by atoms with Crippen molar-refractivity contribution in [2.45, 2.75) is 25.1 Å². The van der Waals surface area contributed by atoms with E-state index in [-0.39, 0.29) is 29.2 Å². The maximum atomic E-state index is 12.8. The Balaban J connectivity index is 0.00000441. The second-order valence-electron chi connectivity index (χ2n) is 9.81. The predicted octanol–water partition coefficient (Wildman–Crippen LogP) is 4.00. The van der Waals surface area contributed by atoms with Crippen molar-refractivity contribution in [3.63, 3.8) is 0 Å². The van der Waals surface area contributed by atoms with Crippen LogP contribution in [0.3, 0.4) is 0 Å². The lowest BCUT2D eigenvalue weighted by molar-refractivity contribution is -0.125. The van der Waals surface area contributed by atoms with Gasteiger partial charge in [0.05, 0.1) is 17.5 Å². The van der Waals surface area contributed by atoms with E-state index in [9.17, 15) is 9.90 Å². The molecule has 40 heavy (non-hydrogen) atoms. The molecule has 0 amide bonds. The number of benzene rings is 3. The second kappa shape index (κ2) is 14.2. The molecule has 3 aromatic carbocycles. The molecule has 0 fully saturated rings. The fourth-order valence-electron chi connectivity index (χ4n) is 5.46. The van der Waals surface area contributed by atoms with Crippen LogP contribution in [0.4, 0.5) is 0 Å². The molecule has 0 radical (unpaired) electrons. The Morgan fingerprint density at radius 1 is 0.875 bits per heavy atom. The van der Waals surface area contributed by atoms with Gasteiger partial charge in [-0.15, -0.1) is 17.0 Å². The molecule has 4 N–H and O–H groups in total. The monoisotopic (exact) mass is 620 g/mol. The van der Waals surface area contributed by atoms with Crippen LogP contribution in [-0.2, 0) is 4.79 Å². The van der Waals surface area contributed by atoms with Gasteiger partial charge in [0.2, 0.25) is 5.78 Å². The molecule has 0 spiro atoms. The molecule has 4 rings (SSSR count). The Kier molecular flexibility index (Phi) is 11.2. The number of aliphatic hydroxyl groups excluding tert-OH is 1. The highest BCUT2D eigenvalue weighted by atomic mass is 79.9. The van der Waals surface area contributed by atoms with Gasteiger partial charge in [0.25, 0.3) is 0 Å². The highest BCUT2D eigenvalue weighted by Crippen LogP contribution is 2.55. The molecule has 1 aliphatic carbocycles. The number of Topliss-reactive ketones (excluding diaryl/α,β-unsaturated/α-hetero) is 1. The molecule has 210 valence electrons. The van der Waals surface area contributed by atoms with Gasteiger partial charge in [-0.3, -0.25) is 15.4 Å².